The molecule has 0 aromatic heterocycles. The SMILES string of the molecule is CC(C1CC1)N(Cc1ccccc1)C(=O)CN1C(=O)NC2(CC(C(=O)O)c3ccccc32)C1=O. The van der Waals surface area contributed by atoms with Crippen LogP contribution in [0.15, 0.2) is 54.6 Å². The van der Waals surface area contributed by atoms with E-state index < -0.39 is 29.4 Å². The van der Waals surface area contributed by atoms with Crippen LogP contribution in [0.5, 0.6) is 0 Å². The lowest BCUT2D eigenvalue weighted by atomic mass is 9.91. The fraction of sp³-hybridized carbons (Fsp3) is 0.385. The van der Waals surface area contributed by atoms with Gasteiger partial charge in [0.1, 0.15) is 12.1 Å². The molecule has 1 aliphatic heterocycles. The van der Waals surface area contributed by atoms with Crippen LogP contribution in [0.1, 0.15) is 48.8 Å². The number of fused-ring (bicyclic) bond motifs is 2. The standard InChI is InChI=1S/C26H27N3O5/c1-16(18-11-12-18)28(14-17-7-3-2-4-8-17)22(30)15-29-24(33)26(27-25(29)34)13-20(23(31)32)19-9-5-6-10-21(19)26/h2-10,16,18,20H,11-15H2,1H3,(H,27,34)(H,31,32). The molecule has 0 radical (unpaired) electrons. The number of urea groups is 1. The molecule has 3 unspecified atom stereocenters. The molecule has 2 N–H and O–H groups in total. The smallest absolute Gasteiger partial charge is 0.325 e. The number of aliphatic carboxylic acids is 1. The van der Waals surface area contributed by atoms with Crippen LogP contribution in [0, 0.1) is 5.92 Å². The molecule has 4 amide bonds. The summed E-state index contributed by atoms with van der Waals surface area (Å²) in [5.41, 5.74) is 0.530. The molecule has 1 spiro atoms. The monoisotopic (exact) mass is 461 g/mol. The third-order valence-corrected chi connectivity index (χ3v) is 7.39. The molecule has 5 rings (SSSR count). The Labute approximate surface area is 197 Å². The zero-order valence-corrected chi connectivity index (χ0v) is 18.9. The molecule has 1 saturated heterocycles. The first-order valence-corrected chi connectivity index (χ1v) is 11.6. The number of hydrogen-bond donors (Lipinski definition) is 2. The lowest BCUT2D eigenvalue weighted by Gasteiger charge is -2.31. The average Bonchev–Trinajstić information content (AvgIpc) is 3.59. The van der Waals surface area contributed by atoms with Gasteiger partial charge in [-0.1, -0.05) is 54.6 Å². The molecule has 3 aliphatic rings. The number of carbonyl (C=O) groups is 4. The summed E-state index contributed by atoms with van der Waals surface area (Å²) in [6.45, 7) is 2.03. The maximum atomic E-state index is 13.6. The average molecular weight is 462 g/mol. The number of nitrogens with zero attached hydrogens (tertiary/aromatic N) is 2. The van der Waals surface area contributed by atoms with Gasteiger partial charge in [-0.25, -0.2) is 4.79 Å². The first-order chi connectivity index (χ1) is 16.3. The summed E-state index contributed by atoms with van der Waals surface area (Å²) in [7, 11) is 0. The minimum atomic E-state index is -1.45. The van der Waals surface area contributed by atoms with Gasteiger partial charge >= 0.3 is 12.0 Å². The summed E-state index contributed by atoms with van der Waals surface area (Å²) in [6, 6.07) is 15.8. The summed E-state index contributed by atoms with van der Waals surface area (Å²) in [5.74, 6) is -2.40. The number of carbonyl (C=O) groups excluding carboxylic acids is 3. The Hall–Kier alpha value is -3.68. The molecule has 1 heterocycles. The summed E-state index contributed by atoms with van der Waals surface area (Å²) < 4.78 is 0. The third kappa shape index (κ3) is 3.63. The molecule has 0 bridgehead atoms. The zero-order valence-electron chi connectivity index (χ0n) is 18.9. The second-order valence-corrected chi connectivity index (χ2v) is 9.49. The number of rotatable bonds is 7. The van der Waals surface area contributed by atoms with E-state index >= 15 is 0 Å². The van der Waals surface area contributed by atoms with E-state index in [1.54, 1.807) is 29.2 Å². The molecular weight excluding hydrogens is 434 g/mol. The molecule has 8 heteroatoms. The normalized spacial score (nSPS) is 24.1. The van der Waals surface area contributed by atoms with Crippen molar-refractivity contribution in [2.45, 2.75) is 50.2 Å². The largest absolute Gasteiger partial charge is 0.481 e. The first-order valence-electron chi connectivity index (χ1n) is 11.6. The zero-order chi connectivity index (χ0) is 24.0. The van der Waals surface area contributed by atoms with Gasteiger partial charge in [-0.3, -0.25) is 19.3 Å². The van der Waals surface area contributed by atoms with Gasteiger partial charge in [-0.2, -0.15) is 0 Å². The van der Waals surface area contributed by atoms with Crippen LogP contribution >= 0.6 is 0 Å². The highest BCUT2D eigenvalue weighted by Crippen LogP contribution is 2.47. The van der Waals surface area contributed by atoms with Gasteiger partial charge in [0, 0.05) is 19.0 Å². The van der Waals surface area contributed by atoms with E-state index in [9.17, 15) is 24.3 Å². The molecule has 2 aromatic rings. The Bertz CT molecular complexity index is 1160. The summed E-state index contributed by atoms with van der Waals surface area (Å²) in [4.78, 5) is 54.5. The van der Waals surface area contributed by atoms with Crippen LogP contribution in [-0.4, -0.2) is 51.3 Å². The predicted octanol–water partition coefficient (Wildman–Crippen LogP) is 2.83. The Kier molecular flexibility index (Phi) is 5.38. The van der Waals surface area contributed by atoms with Crippen molar-refractivity contribution >= 4 is 23.8 Å². The highest BCUT2D eigenvalue weighted by Gasteiger charge is 2.59. The van der Waals surface area contributed by atoms with Gasteiger partial charge in [0.15, 0.2) is 0 Å². The van der Waals surface area contributed by atoms with Crippen LogP contribution in [-0.2, 0) is 26.5 Å². The van der Waals surface area contributed by atoms with Crippen molar-refractivity contribution in [2.75, 3.05) is 6.54 Å². The molecule has 176 valence electrons. The maximum Gasteiger partial charge on any atom is 0.325 e. The van der Waals surface area contributed by atoms with Gasteiger partial charge in [0.05, 0.1) is 5.92 Å². The van der Waals surface area contributed by atoms with Gasteiger partial charge < -0.3 is 15.3 Å². The van der Waals surface area contributed by atoms with Crippen LogP contribution in [0.2, 0.25) is 0 Å². The van der Waals surface area contributed by atoms with E-state index in [0.717, 1.165) is 23.3 Å². The van der Waals surface area contributed by atoms with E-state index in [2.05, 4.69) is 5.32 Å². The molecule has 8 nitrogen and oxygen atoms in total. The van der Waals surface area contributed by atoms with Crippen molar-refractivity contribution in [2.24, 2.45) is 5.92 Å². The molecule has 34 heavy (non-hydrogen) atoms. The highest BCUT2D eigenvalue weighted by atomic mass is 16.4. The lowest BCUT2D eigenvalue weighted by molar-refractivity contribution is -0.142. The summed E-state index contributed by atoms with van der Waals surface area (Å²) in [5, 5.41) is 12.4. The van der Waals surface area contributed by atoms with E-state index in [4.69, 9.17) is 0 Å². The third-order valence-electron chi connectivity index (χ3n) is 7.39. The fourth-order valence-electron chi connectivity index (χ4n) is 5.33. The van der Waals surface area contributed by atoms with Crippen LogP contribution in [0.4, 0.5) is 4.79 Å². The Balaban J connectivity index is 1.40. The number of amides is 4. The number of carboxylic acids is 1. The van der Waals surface area contributed by atoms with Crippen molar-refractivity contribution < 1.29 is 24.3 Å². The number of imide groups is 1. The minimum absolute atomic E-state index is 0.00831. The molecule has 2 fully saturated rings. The summed E-state index contributed by atoms with van der Waals surface area (Å²) in [6.07, 6.45) is 2.04. The first kappa shape index (κ1) is 22.1. The van der Waals surface area contributed by atoms with E-state index in [1.807, 2.05) is 37.3 Å². The molecule has 2 aliphatic carbocycles. The predicted molar refractivity (Wildman–Crippen MR) is 123 cm³/mol. The van der Waals surface area contributed by atoms with Crippen LogP contribution in [0.3, 0.4) is 0 Å². The number of carboxylic acid groups (broad SMARTS) is 1. The van der Waals surface area contributed by atoms with Crippen molar-refractivity contribution in [3.05, 3.63) is 71.3 Å². The maximum absolute atomic E-state index is 13.6. The number of hydrogen-bond acceptors (Lipinski definition) is 4. The second kappa shape index (κ2) is 8.27. The van der Waals surface area contributed by atoms with Crippen molar-refractivity contribution in [3.8, 4) is 0 Å². The lowest BCUT2D eigenvalue weighted by Crippen LogP contribution is -2.47. The van der Waals surface area contributed by atoms with E-state index in [1.165, 1.54) is 0 Å². The molecule has 1 saturated carbocycles. The van der Waals surface area contributed by atoms with E-state index in [-0.39, 0.29) is 24.9 Å². The van der Waals surface area contributed by atoms with Gasteiger partial charge in [-0.05, 0) is 42.4 Å². The molecule has 2 aromatic carbocycles. The Morgan fingerprint density at radius 2 is 1.79 bits per heavy atom. The highest BCUT2D eigenvalue weighted by molar-refractivity contribution is 6.10. The minimum Gasteiger partial charge on any atom is -0.481 e. The van der Waals surface area contributed by atoms with Crippen molar-refractivity contribution in [3.63, 3.8) is 0 Å². The Morgan fingerprint density at radius 1 is 1.12 bits per heavy atom. The fourth-order valence-corrected chi connectivity index (χ4v) is 5.33. The quantitative estimate of drug-likeness (QED) is 0.617. The molecule has 3 atom stereocenters. The van der Waals surface area contributed by atoms with E-state index in [0.29, 0.717) is 23.6 Å². The van der Waals surface area contributed by atoms with Crippen molar-refractivity contribution in [1.82, 2.24) is 15.1 Å². The van der Waals surface area contributed by atoms with Gasteiger partial charge in [0.2, 0.25) is 5.91 Å². The summed E-state index contributed by atoms with van der Waals surface area (Å²) >= 11 is 0. The number of nitrogens with one attached hydrogen (secondary N) is 1. The Morgan fingerprint density at radius 3 is 2.47 bits per heavy atom. The molecular formula is C26H27N3O5. The van der Waals surface area contributed by atoms with Crippen molar-refractivity contribution in [1.29, 1.82) is 0 Å². The number of benzene rings is 2. The van der Waals surface area contributed by atoms with Gasteiger partial charge in [-0.15, -0.1) is 0 Å². The van der Waals surface area contributed by atoms with Crippen LogP contribution < -0.4 is 5.32 Å². The van der Waals surface area contributed by atoms with Gasteiger partial charge in [0.25, 0.3) is 5.91 Å². The second-order valence-electron chi connectivity index (χ2n) is 9.49. The topological polar surface area (TPSA) is 107 Å². The van der Waals surface area contributed by atoms with Crippen LogP contribution in [0.25, 0.3) is 0 Å².